The lowest BCUT2D eigenvalue weighted by molar-refractivity contribution is -0.155. The molecule has 96 heavy (non-hydrogen) atoms. The van der Waals surface area contributed by atoms with Crippen molar-refractivity contribution < 1.29 is 67.3 Å². The van der Waals surface area contributed by atoms with E-state index in [1.807, 2.05) is 90.6 Å². The van der Waals surface area contributed by atoms with Gasteiger partial charge in [0.15, 0.2) is 0 Å². The molecule has 9 N–H and O–H groups in total. The minimum atomic E-state index is -1.11. The van der Waals surface area contributed by atoms with Gasteiger partial charge in [-0.2, -0.15) is 0 Å². The third-order valence-electron chi connectivity index (χ3n) is 17.5. The van der Waals surface area contributed by atoms with Gasteiger partial charge < -0.3 is 57.1 Å². The molecule has 2 heterocycles. The zero-order chi connectivity index (χ0) is 71.2. The molecule has 0 saturated carbocycles. The fourth-order valence-corrected chi connectivity index (χ4v) is 12.3. The number of unbranched alkanes of at least 4 members (excludes halogenated alkanes) is 2. The van der Waals surface area contributed by atoms with E-state index in [2.05, 4.69) is 31.9 Å². The third kappa shape index (κ3) is 25.8. The van der Waals surface area contributed by atoms with Crippen LogP contribution in [0, 0.1) is 41.4 Å². The summed E-state index contributed by atoms with van der Waals surface area (Å²) in [6.45, 7) is 23.4. The van der Waals surface area contributed by atoms with Crippen molar-refractivity contribution in [2.24, 2.45) is 47.2 Å². The van der Waals surface area contributed by atoms with Gasteiger partial charge in [0.2, 0.25) is 29.5 Å². The van der Waals surface area contributed by atoms with Gasteiger partial charge >= 0.3 is 18.0 Å². The van der Waals surface area contributed by atoms with Gasteiger partial charge in [0.05, 0.1) is 17.8 Å². The van der Waals surface area contributed by atoms with Crippen LogP contribution < -0.4 is 37.6 Å². The van der Waals surface area contributed by atoms with Gasteiger partial charge in [-0.1, -0.05) is 145 Å². The van der Waals surface area contributed by atoms with Crippen LogP contribution in [0.5, 0.6) is 0 Å². The van der Waals surface area contributed by atoms with Gasteiger partial charge in [0.1, 0.15) is 41.5 Å². The number of rotatable bonds is 44. The van der Waals surface area contributed by atoms with Gasteiger partial charge in [-0.3, -0.25) is 52.8 Å². The molecule has 4 rings (SSSR count). The number of esters is 1. The molecule has 3 aromatic rings. The Bertz CT molecular complexity index is 3050. The molecule has 0 radical (unpaired) electrons. The van der Waals surface area contributed by atoms with Crippen LogP contribution >= 0.6 is 11.3 Å². The number of urea groups is 1. The number of ether oxygens (including phenoxy) is 2. The molecule has 1 aliphatic rings. The lowest BCUT2D eigenvalue weighted by Gasteiger charge is -2.40. The summed E-state index contributed by atoms with van der Waals surface area (Å²) >= 11 is 1.28. The van der Waals surface area contributed by atoms with Crippen molar-refractivity contribution in [2.45, 2.75) is 209 Å². The van der Waals surface area contributed by atoms with Crippen LogP contribution in [0.15, 0.2) is 72.1 Å². The number of aromatic nitrogens is 1. The molecule has 0 bridgehead atoms. The highest BCUT2D eigenvalue weighted by molar-refractivity contribution is 7.09. The van der Waals surface area contributed by atoms with Crippen molar-refractivity contribution >= 4 is 82.3 Å². The first kappa shape index (κ1) is 80.4. The maximum Gasteiger partial charge on any atom is 0.312 e. The molecule has 0 spiro atoms. The maximum absolute atomic E-state index is 15.3. The van der Waals surface area contributed by atoms with E-state index in [0.29, 0.717) is 87.2 Å². The highest BCUT2D eigenvalue weighted by Gasteiger charge is 2.41. The lowest BCUT2D eigenvalue weighted by Crippen LogP contribution is -2.57. The van der Waals surface area contributed by atoms with Crippen molar-refractivity contribution in [2.75, 3.05) is 31.6 Å². The Balaban J connectivity index is 1.45. The fraction of sp³-hybridized carbons (Fsp3) is 0.606. The predicted octanol–water partition coefficient (Wildman–Crippen LogP) is 8.79. The van der Waals surface area contributed by atoms with Crippen molar-refractivity contribution in [1.82, 2.24) is 41.4 Å². The lowest BCUT2D eigenvalue weighted by atomic mass is 9.80. The van der Waals surface area contributed by atoms with Gasteiger partial charge in [-0.05, 0) is 98.3 Å². The molecule has 0 saturated heterocycles. The summed E-state index contributed by atoms with van der Waals surface area (Å²) < 4.78 is 12.4. The number of carboxylic acid groups (broad SMARTS) is 1. The van der Waals surface area contributed by atoms with Crippen LogP contribution in [0.3, 0.4) is 0 Å². The molecule has 25 heteroatoms. The van der Waals surface area contributed by atoms with Crippen molar-refractivity contribution in [1.29, 1.82) is 0 Å². The van der Waals surface area contributed by atoms with E-state index in [0.717, 1.165) is 10.5 Å². The van der Waals surface area contributed by atoms with Crippen molar-refractivity contribution in [3.05, 3.63) is 94.0 Å². The fourth-order valence-electron chi connectivity index (χ4n) is 11.5. The smallest absolute Gasteiger partial charge is 0.312 e. The van der Waals surface area contributed by atoms with E-state index >= 15 is 4.79 Å². The van der Waals surface area contributed by atoms with E-state index in [-0.39, 0.29) is 98.4 Å². The van der Waals surface area contributed by atoms with Crippen LogP contribution in [0.2, 0.25) is 0 Å². The van der Waals surface area contributed by atoms with Crippen LogP contribution in [0.1, 0.15) is 193 Å². The largest absolute Gasteiger partial charge is 0.481 e. The Kier molecular flexibility index (Phi) is 34.4. The third-order valence-corrected chi connectivity index (χ3v) is 18.5. The Morgan fingerprint density at radius 3 is 1.97 bits per heavy atom. The van der Waals surface area contributed by atoms with E-state index in [1.165, 1.54) is 23.5 Å². The molecule has 1 aromatic heterocycles. The summed E-state index contributed by atoms with van der Waals surface area (Å²) in [5.74, 6) is -8.64. The molecule has 0 fully saturated rings. The van der Waals surface area contributed by atoms with Gasteiger partial charge in [-0.25, -0.2) is 9.78 Å². The van der Waals surface area contributed by atoms with Crippen LogP contribution in [-0.2, 0) is 65.7 Å². The quantitative estimate of drug-likeness (QED) is 0.0149. The molecular formula is C71H106N10O14S. The number of hydrogen-bond donors (Lipinski definition) is 8. The average molecular weight is 1360 g/mol. The molecule has 1 aliphatic heterocycles. The average Bonchev–Trinajstić information content (AvgIpc) is 0.930. The first-order valence-electron chi connectivity index (χ1n) is 34.1. The number of nitrogens with one attached hydrogen (secondary N) is 6. The molecule has 2 unspecified atom stereocenters. The number of aliphatic carboxylic acids is 1. The highest BCUT2D eigenvalue weighted by atomic mass is 32.1. The summed E-state index contributed by atoms with van der Waals surface area (Å²) in [6.07, 6.45) is 7.17. The van der Waals surface area contributed by atoms with E-state index in [9.17, 15) is 53.1 Å². The molecule has 530 valence electrons. The number of amides is 10. The number of carbonyl (C=O) groups excluding carboxylic acids is 10. The second-order valence-corrected chi connectivity index (χ2v) is 26.9. The number of hydrogen-bond acceptors (Lipinski definition) is 15. The summed E-state index contributed by atoms with van der Waals surface area (Å²) in [5, 5.41) is 29.0. The molecule has 10 amide bonds. The Morgan fingerprint density at radius 2 is 1.38 bits per heavy atom. The SMILES string of the molecule is CCCO[C@H](C[C@H](C(C)C)N(CCC)C(=O)[C@@H](NC(=O)C(C(C)C(=O)OCc1ccc(NC(=O)[C@H](CCCNC(N)=O)NC(=O)[C@@H](NC(=O)CCCCCN2C(=O)C=CC2=O)C(C)C)cc1)[C@@H](C)CC)[C@@H](C)CC)c1nc(C(=O)N[C@@H](Cc2ccccc2)C[C@H](C)C(=O)O)cs1. The number of nitrogens with zero attached hydrogens (tertiary/aromatic N) is 3. The van der Waals surface area contributed by atoms with Crippen LogP contribution in [0.4, 0.5) is 10.5 Å². The first-order valence-corrected chi connectivity index (χ1v) is 35.0. The highest BCUT2D eigenvalue weighted by Crippen LogP contribution is 2.33. The number of primary amides is 1. The minimum absolute atomic E-state index is 0.0891. The normalized spacial score (nSPS) is 15.6. The zero-order valence-electron chi connectivity index (χ0n) is 58.2. The molecule has 2 aromatic carbocycles. The minimum Gasteiger partial charge on any atom is -0.481 e. The number of benzene rings is 2. The van der Waals surface area contributed by atoms with Crippen molar-refractivity contribution in [3.63, 3.8) is 0 Å². The number of nitrogens with two attached hydrogens (primary N) is 1. The Hall–Kier alpha value is -8.06. The maximum atomic E-state index is 15.3. The van der Waals surface area contributed by atoms with E-state index < -0.39 is 95.7 Å². The Labute approximate surface area is 570 Å². The topological polar surface area (TPSA) is 344 Å². The van der Waals surface area contributed by atoms with Crippen LogP contribution in [-0.4, -0.2) is 142 Å². The summed E-state index contributed by atoms with van der Waals surface area (Å²) in [6, 6.07) is 11.4. The molecule has 0 aliphatic carbocycles. The summed E-state index contributed by atoms with van der Waals surface area (Å²) in [5.41, 5.74) is 7.31. The van der Waals surface area contributed by atoms with Crippen LogP contribution in [0.25, 0.3) is 0 Å². The summed E-state index contributed by atoms with van der Waals surface area (Å²) in [4.78, 5) is 154. The van der Waals surface area contributed by atoms with Gasteiger partial charge in [0, 0.05) is 74.4 Å². The number of carbonyl (C=O) groups is 11. The molecular weight excluding hydrogens is 1250 g/mol. The Morgan fingerprint density at radius 1 is 0.708 bits per heavy atom. The van der Waals surface area contributed by atoms with E-state index in [4.69, 9.17) is 20.2 Å². The first-order chi connectivity index (χ1) is 45.6. The number of thiazole rings is 1. The number of imide groups is 1. The monoisotopic (exact) mass is 1350 g/mol. The zero-order valence-corrected chi connectivity index (χ0v) is 59.1. The van der Waals surface area contributed by atoms with Crippen molar-refractivity contribution in [3.8, 4) is 0 Å². The number of carboxylic acids is 1. The summed E-state index contributed by atoms with van der Waals surface area (Å²) in [7, 11) is 0. The second kappa shape index (κ2) is 41.1. The number of anilines is 1. The second-order valence-electron chi connectivity index (χ2n) is 26.0. The predicted molar refractivity (Wildman–Crippen MR) is 367 cm³/mol. The van der Waals surface area contributed by atoms with Gasteiger partial charge in [-0.15, -0.1) is 11.3 Å². The molecule has 11 atom stereocenters. The molecule has 24 nitrogen and oxygen atoms in total. The standard InChI is InChI=1S/C71H106N10O14S/c1-13-35-80(55(43(5)6)40-56(94-37-14-2)67-77-54(42-96-67)64(86)75-52(38-47(11)69(90)91)39-49-24-19-17-20-25-49)68(89)62(46(10)16-4)79-65(87)60(45(9)15-3)48(12)70(92)95-41-50-28-30-51(31-29-50)74-63(85)53(26-23-34-73-71(72)93)76-66(88)61(44(7)8)78-57(82)27-21-18-22-36-81-58(83)32-33-59(81)84/h17,19-20,24-25,28-33,42-48,52-53,55-56,60-62H,13-16,18,21-23,26-27,34-41H2,1-12H3,(H,74,85)(H,75,86)(H,76,88)(H,78,82)(H,79,87)(H,90,91)(H3,72,73,93)/t45-,46-,47-,48?,52+,53-,55+,56+,60?,61-,62-/m0/s1. The van der Waals surface area contributed by atoms with E-state index in [1.54, 1.807) is 57.3 Å². The van der Waals surface area contributed by atoms with Gasteiger partial charge in [0.25, 0.3) is 17.7 Å².